The average molecular weight is 251 g/mol. The molecule has 0 aliphatic carbocycles. The highest BCUT2D eigenvalue weighted by Crippen LogP contribution is 2.26. The van der Waals surface area contributed by atoms with Crippen LogP contribution in [0, 0.1) is 16.0 Å². The van der Waals surface area contributed by atoms with E-state index in [0.717, 1.165) is 19.5 Å². The molecule has 0 amide bonds. The molecule has 4 N–H and O–H groups in total. The minimum absolute atomic E-state index is 0.0416. The molecule has 2 rings (SSSR count). The monoisotopic (exact) mass is 251 g/mol. The largest absolute Gasteiger partial charge is 0.378 e. The number of hydrogen-bond acceptors (Lipinski definition) is 6. The van der Waals surface area contributed by atoms with Crippen LogP contribution in [-0.4, -0.2) is 29.0 Å². The number of hydrogen-bond donors (Lipinski definition) is 2. The highest BCUT2D eigenvalue weighted by molar-refractivity contribution is 5.58. The van der Waals surface area contributed by atoms with Gasteiger partial charge in [-0.15, -0.1) is 0 Å². The van der Waals surface area contributed by atoms with E-state index < -0.39 is 4.92 Å². The molecule has 1 aromatic heterocycles. The first kappa shape index (κ1) is 12.6. The Bertz CT molecular complexity index is 465. The van der Waals surface area contributed by atoms with Gasteiger partial charge >= 0.3 is 5.69 Å². The smallest absolute Gasteiger partial charge is 0.311 e. The van der Waals surface area contributed by atoms with Gasteiger partial charge in [0.25, 0.3) is 0 Å². The predicted octanol–water partition coefficient (Wildman–Crippen LogP) is 0.746. The van der Waals surface area contributed by atoms with Crippen LogP contribution in [0.25, 0.3) is 0 Å². The van der Waals surface area contributed by atoms with Crippen LogP contribution < -0.4 is 16.4 Å². The fourth-order valence-corrected chi connectivity index (χ4v) is 2.16. The van der Waals surface area contributed by atoms with Crippen molar-refractivity contribution in [1.29, 1.82) is 0 Å². The zero-order valence-corrected chi connectivity index (χ0v) is 10.2. The third-order valence-electron chi connectivity index (χ3n) is 3.38. The van der Waals surface area contributed by atoms with Crippen molar-refractivity contribution in [1.82, 2.24) is 4.98 Å². The molecule has 1 aliphatic rings. The summed E-state index contributed by atoms with van der Waals surface area (Å²) < 4.78 is 0. The minimum Gasteiger partial charge on any atom is -0.378 e. The van der Waals surface area contributed by atoms with Gasteiger partial charge in [-0.3, -0.25) is 10.1 Å². The Balaban J connectivity index is 2.19. The summed E-state index contributed by atoms with van der Waals surface area (Å²) in [6.45, 7) is 3.69. The maximum absolute atomic E-state index is 10.7. The Hall–Kier alpha value is -1.89. The second kappa shape index (κ2) is 4.77. The fourth-order valence-electron chi connectivity index (χ4n) is 2.16. The number of piperidine rings is 1. The Morgan fingerprint density at radius 3 is 2.83 bits per heavy atom. The van der Waals surface area contributed by atoms with Crippen LogP contribution in [0.15, 0.2) is 12.1 Å². The zero-order chi connectivity index (χ0) is 13.3. The average Bonchev–Trinajstić information content (AvgIpc) is 2.32. The molecule has 0 spiro atoms. The molecule has 0 aromatic carbocycles. The maximum Gasteiger partial charge on any atom is 0.311 e. The first-order valence-electron chi connectivity index (χ1n) is 5.90. The van der Waals surface area contributed by atoms with Gasteiger partial charge in [-0.05, 0) is 18.4 Å². The van der Waals surface area contributed by atoms with Gasteiger partial charge in [0.05, 0.1) is 4.92 Å². The third-order valence-corrected chi connectivity index (χ3v) is 3.38. The summed E-state index contributed by atoms with van der Waals surface area (Å²) in [5.74, 6) is 1.01. The summed E-state index contributed by atoms with van der Waals surface area (Å²) in [5, 5.41) is 10.7. The summed E-state index contributed by atoms with van der Waals surface area (Å²) in [4.78, 5) is 16.3. The van der Waals surface area contributed by atoms with Crippen LogP contribution >= 0.6 is 0 Å². The standard InChI is InChI=1S/C11H17N5O2/c1-7-6-15(5-4-8(7)12)10-3-2-9(16(17)18)11(13)14-10/h2-3,7-8H,4-6,12H2,1H3,(H2,13,14). The van der Waals surface area contributed by atoms with Crippen molar-refractivity contribution in [3.8, 4) is 0 Å². The highest BCUT2D eigenvalue weighted by Gasteiger charge is 2.25. The van der Waals surface area contributed by atoms with Crippen LogP contribution in [0.5, 0.6) is 0 Å². The van der Waals surface area contributed by atoms with E-state index in [1.54, 1.807) is 6.07 Å². The molecule has 2 unspecified atom stereocenters. The predicted molar refractivity (Wildman–Crippen MR) is 69.3 cm³/mol. The lowest BCUT2D eigenvalue weighted by atomic mass is 9.95. The second-order valence-electron chi connectivity index (χ2n) is 4.71. The number of pyridine rings is 1. The number of nitro groups is 1. The van der Waals surface area contributed by atoms with Crippen LogP contribution in [0.4, 0.5) is 17.3 Å². The van der Waals surface area contributed by atoms with E-state index in [0.29, 0.717) is 11.7 Å². The lowest BCUT2D eigenvalue weighted by Crippen LogP contribution is -2.46. The van der Waals surface area contributed by atoms with Crippen molar-refractivity contribution < 1.29 is 4.92 Å². The molecule has 7 nitrogen and oxygen atoms in total. The van der Waals surface area contributed by atoms with Crippen molar-refractivity contribution in [2.75, 3.05) is 23.7 Å². The highest BCUT2D eigenvalue weighted by atomic mass is 16.6. The molecular weight excluding hydrogens is 234 g/mol. The van der Waals surface area contributed by atoms with Gasteiger partial charge in [0.15, 0.2) is 0 Å². The van der Waals surface area contributed by atoms with Crippen molar-refractivity contribution in [2.45, 2.75) is 19.4 Å². The number of aromatic nitrogens is 1. The Morgan fingerprint density at radius 1 is 1.56 bits per heavy atom. The van der Waals surface area contributed by atoms with Gasteiger partial charge < -0.3 is 16.4 Å². The Morgan fingerprint density at radius 2 is 2.28 bits per heavy atom. The minimum atomic E-state index is -0.527. The zero-order valence-electron chi connectivity index (χ0n) is 10.2. The summed E-state index contributed by atoms with van der Waals surface area (Å²) in [6, 6.07) is 3.24. The summed E-state index contributed by atoms with van der Waals surface area (Å²) in [7, 11) is 0. The van der Waals surface area contributed by atoms with E-state index in [2.05, 4.69) is 16.8 Å². The number of nitrogen functional groups attached to an aromatic ring is 1. The maximum atomic E-state index is 10.7. The van der Waals surface area contributed by atoms with E-state index in [-0.39, 0.29) is 17.5 Å². The first-order chi connectivity index (χ1) is 8.49. The molecule has 2 heterocycles. The van der Waals surface area contributed by atoms with E-state index in [4.69, 9.17) is 11.5 Å². The summed E-state index contributed by atoms with van der Waals surface area (Å²) in [5.41, 5.74) is 11.4. The SMILES string of the molecule is CC1CN(c2ccc([N+](=O)[O-])c(N)n2)CCC1N. The molecule has 18 heavy (non-hydrogen) atoms. The van der Waals surface area contributed by atoms with Gasteiger partial charge in [0.1, 0.15) is 5.82 Å². The quantitative estimate of drug-likeness (QED) is 0.592. The molecule has 0 bridgehead atoms. The molecule has 1 aromatic rings. The first-order valence-corrected chi connectivity index (χ1v) is 5.90. The molecule has 98 valence electrons. The van der Waals surface area contributed by atoms with Gasteiger partial charge in [0.2, 0.25) is 5.82 Å². The van der Waals surface area contributed by atoms with Crippen LogP contribution in [0.1, 0.15) is 13.3 Å². The van der Waals surface area contributed by atoms with Gasteiger partial charge in [-0.2, -0.15) is 0 Å². The van der Waals surface area contributed by atoms with Crippen molar-refractivity contribution in [2.24, 2.45) is 11.7 Å². The second-order valence-corrected chi connectivity index (χ2v) is 4.71. The molecule has 1 fully saturated rings. The molecule has 1 saturated heterocycles. The van der Waals surface area contributed by atoms with Crippen molar-refractivity contribution in [3.63, 3.8) is 0 Å². The lowest BCUT2D eigenvalue weighted by Gasteiger charge is -2.35. The number of nitrogens with two attached hydrogens (primary N) is 2. The van der Waals surface area contributed by atoms with Crippen LogP contribution in [0.2, 0.25) is 0 Å². The fraction of sp³-hybridized carbons (Fsp3) is 0.545. The Kier molecular flexibility index (Phi) is 3.33. The van der Waals surface area contributed by atoms with E-state index in [9.17, 15) is 10.1 Å². The molecule has 7 heteroatoms. The third kappa shape index (κ3) is 2.35. The van der Waals surface area contributed by atoms with Crippen molar-refractivity contribution in [3.05, 3.63) is 22.2 Å². The van der Waals surface area contributed by atoms with E-state index in [1.807, 2.05) is 0 Å². The van der Waals surface area contributed by atoms with Gasteiger partial charge in [0, 0.05) is 25.2 Å². The van der Waals surface area contributed by atoms with Crippen LogP contribution in [0.3, 0.4) is 0 Å². The number of rotatable bonds is 2. The summed E-state index contributed by atoms with van der Waals surface area (Å²) in [6.07, 6.45) is 0.889. The molecule has 0 radical (unpaired) electrons. The molecule has 0 saturated carbocycles. The van der Waals surface area contributed by atoms with Crippen LogP contribution in [-0.2, 0) is 0 Å². The molecular formula is C11H17N5O2. The number of nitrogens with zero attached hydrogens (tertiary/aromatic N) is 3. The molecule has 2 atom stereocenters. The summed E-state index contributed by atoms with van der Waals surface area (Å²) >= 11 is 0. The van der Waals surface area contributed by atoms with Crippen molar-refractivity contribution >= 4 is 17.3 Å². The van der Waals surface area contributed by atoms with Gasteiger partial charge in [-0.25, -0.2) is 4.98 Å². The lowest BCUT2D eigenvalue weighted by molar-refractivity contribution is -0.384. The normalized spacial score (nSPS) is 24.0. The van der Waals surface area contributed by atoms with E-state index in [1.165, 1.54) is 6.07 Å². The Labute approximate surface area is 105 Å². The molecule has 1 aliphatic heterocycles. The van der Waals surface area contributed by atoms with E-state index >= 15 is 0 Å². The van der Waals surface area contributed by atoms with Gasteiger partial charge in [-0.1, -0.05) is 6.92 Å². The number of anilines is 2. The topological polar surface area (TPSA) is 111 Å².